The molecule has 28 N–H and O–H groups in total. The number of nitrogens with two attached hydrogens (primary N) is 6. The van der Waals surface area contributed by atoms with E-state index in [-0.39, 0.29) is 132 Å². The van der Waals surface area contributed by atoms with E-state index in [2.05, 4.69) is 72.3 Å². The Hall–Kier alpha value is -5.76. The predicted octanol–water partition coefficient (Wildman–Crippen LogP) is -13.6. The van der Waals surface area contributed by atoms with Crippen LogP contribution in [0.3, 0.4) is 0 Å². The van der Waals surface area contributed by atoms with Crippen LogP contribution in [0.25, 0.3) is 0 Å². The Morgan fingerprint density at radius 2 is 1.04 bits per heavy atom. The van der Waals surface area contributed by atoms with Gasteiger partial charge in [0.25, 0.3) is 0 Å². The maximum absolute atomic E-state index is 14.5. The predicted molar refractivity (Wildman–Crippen MR) is 344 cm³/mol. The normalized spacial score (nSPS) is 21.5. The quantitative estimate of drug-likeness (QED) is 0.0235. The molecule has 35 heteroatoms. The minimum Gasteiger partial charge on any atom is -1.00 e. The standard InChI is InChI=1S/C56H98N16O13.C4H11NO3.ClH.Na/c1-7-32(4)13-11-12-16-44(75)63-36(17-23-57)51(80)72-46(34(6)74)56(85)68-39(20-26-60)48(77)67-41-22-28-62-55(84)45(33(5)73)71-52(81)40(21-27-61)65-47(76)37(18-24-58)66-53(82)42(29-31(2)3)69-54(83)43(30-35-14-9-8-10-15-35)70-49(78)38(19-25-59)64-50(41)79;5-4(1-6,2-7)3-8;;/h8-10,14-15,31-34,36-43,45-46,73-74H,7,11-13,16-30,57-61H2,1-6H3,(H,62,84)(H,63,75)(H,64,79)(H,65,76)(H,66,82)(H,67,77)(H,68,85)(H,69,83)(H,70,78)(H,71,81)(H,72,80);6-8H,1-3,5H2;1H;/q;;;+1/p-1/t32?,33-,34-,36+,37+,38-,39+,40+,41+,42+,43-,45+,46+;;;/m1.../s1. The summed E-state index contributed by atoms with van der Waals surface area (Å²) in [4.78, 5) is 154. The van der Waals surface area contributed by atoms with E-state index in [4.69, 9.17) is 49.7 Å². The summed E-state index contributed by atoms with van der Waals surface area (Å²) in [5, 5.41) is 74.7. The van der Waals surface area contributed by atoms with Gasteiger partial charge in [0, 0.05) is 19.4 Å². The zero-order chi connectivity index (χ0) is 70.4. The molecular formula is C60H109ClN17NaO16. The topological polar surface area (TPSA) is 577 Å². The molecule has 1 saturated heterocycles. The molecule has 0 aliphatic carbocycles. The van der Waals surface area contributed by atoms with Crippen LogP contribution in [0.4, 0.5) is 0 Å². The summed E-state index contributed by atoms with van der Waals surface area (Å²) in [6, 6.07) is -6.23. The summed E-state index contributed by atoms with van der Waals surface area (Å²) < 4.78 is 0. The molecule has 1 aliphatic heterocycles. The van der Waals surface area contributed by atoms with E-state index >= 15 is 0 Å². The van der Waals surface area contributed by atoms with Crippen molar-refractivity contribution in [3.63, 3.8) is 0 Å². The summed E-state index contributed by atoms with van der Waals surface area (Å²) in [5.74, 6) is -9.45. The van der Waals surface area contributed by atoms with Gasteiger partial charge in [0.1, 0.15) is 60.4 Å². The van der Waals surface area contributed by atoms with Gasteiger partial charge in [-0.15, -0.1) is 0 Å². The minimum absolute atomic E-state index is 0. The molecule has 2 rings (SSSR count). The second-order valence-corrected chi connectivity index (χ2v) is 23.9. The number of amides is 11. The summed E-state index contributed by atoms with van der Waals surface area (Å²) in [7, 11) is 0. The maximum Gasteiger partial charge on any atom is 1.00 e. The molecule has 13 atom stereocenters. The first-order valence-electron chi connectivity index (χ1n) is 31.8. The third-order valence-electron chi connectivity index (χ3n) is 15.2. The van der Waals surface area contributed by atoms with Crippen molar-refractivity contribution in [2.24, 2.45) is 46.2 Å². The van der Waals surface area contributed by atoms with Gasteiger partial charge < -0.3 is 131 Å². The van der Waals surface area contributed by atoms with Crippen LogP contribution in [-0.2, 0) is 59.2 Å². The van der Waals surface area contributed by atoms with Gasteiger partial charge >= 0.3 is 29.6 Å². The van der Waals surface area contributed by atoms with E-state index < -0.39 is 176 Å². The molecule has 538 valence electrons. The molecule has 0 spiro atoms. The van der Waals surface area contributed by atoms with Crippen LogP contribution in [0.15, 0.2) is 30.3 Å². The number of unbranched alkanes of at least 4 members (excludes halogenated alkanes) is 1. The molecule has 1 aromatic rings. The number of benzene rings is 1. The fraction of sp³-hybridized carbons (Fsp3) is 0.717. The Morgan fingerprint density at radius 1 is 0.579 bits per heavy atom. The molecular weight excluding hydrogens is 1270 g/mol. The van der Waals surface area contributed by atoms with Gasteiger partial charge in [-0.1, -0.05) is 77.3 Å². The van der Waals surface area contributed by atoms with Gasteiger partial charge in [0.2, 0.25) is 65.0 Å². The van der Waals surface area contributed by atoms with E-state index in [1.54, 1.807) is 44.2 Å². The Bertz CT molecular complexity index is 2490. The SMILES string of the molecule is CCC(C)CCCCC(=O)N[C@@H](CCN)C(=O)N[C@H](C(=O)N[C@@H](CCN)C(=O)N[C@H]1CCNC(=O)[C@H]([C@@H](C)O)NC(=O)[C@H](CCN)NC(=O)[C@H](CCN)NC(=O)[C@H](CC(C)C)NC(=O)[C@@H](Cc2ccccc2)NC(=O)[C@@H](CCN)NC1=O)[C@@H](C)O.NC(CO)(CO)CO.[Cl-].[Na+]. The summed E-state index contributed by atoms with van der Waals surface area (Å²) in [5.41, 5.74) is 33.9. The van der Waals surface area contributed by atoms with E-state index in [0.29, 0.717) is 17.9 Å². The molecule has 0 saturated carbocycles. The minimum atomic E-state index is -1.70. The van der Waals surface area contributed by atoms with Crippen LogP contribution in [0, 0.1) is 11.8 Å². The number of aliphatic hydroxyl groups excluding tert-OH is 5. The zero-order valence-electron chi connectivity index (χ0n) is 56.1. The second kappa shape index (κ2) is 49.7. The summed E-state index contributed by atoms with van der Waals surface area (Å²) >= 11 is 0. The molecule has 95 heavy (non-hydrogen) atoms. The largest absolute Gasteiger partial charge is 1.00 e. The van der Waals surface area contributed by atoms with Gasteiger partial charge in [0.15, 0.2) is 0 Å². The first kappa shape index (κ1) is 91.3. The van der Waals surface area contributed by atoms with E-state index in [0.717, 1.165) is 19.3 Å². The van der Waals surface area contributed by atoms with Crippen LogP contribution in [-0.4, -0.2) is 228 Å². The molecule has 33 nitrogen and oxygen atoms in total. The fourth-order valence-electron chi connectivity index (χ4n) is 9.27. The summed E-state index contributed by atoms with van der Waals surface area (Å²) in [6.45, 7) is 7.80. The molecule has 1 heterocycles. The van der Waals surface area contributed by atoms with Gasteiger partial charge in [0.05, 0.1) is 37.6 Å². The number of rotatable bonds is 32. The average Bonchev–Trinajstić information content (AvgIpc) is 1.11. The molecule has 0 bridgehead atoms. The number of carbonyl (C=O) groups excluding carboxylic acids is 11. The fourth-order valence-corrected chi connectivity index (χ4v) is 9.27. The number of hydrogen-bond donors (Lipinski definition) is 22. The molecule has 1 fully saturated rings. The zero-order valence-corrected chi connectivity index (χ0v) is 58.9. The van der Waals surface area contributed by atoms with Crippen LogP contribution in [0.2, 0.25) is 0 Å². The Kier molecular flexibility index (Phi) is 47.8. The van der Waals surface area contributed by atoms with E-state index in [1.165, 1.54) is 13.8 Å². The Morgan fingerprint density at radius 3 is 1.49 bits per heavy atom. The monoisotopic (exact) mass is 1380 g/mol. The van der Waals surface area contributed by atoms with Gasteiger partial charge in [-0.2, -0.15) is 0 Å². The molecule has 1 aliphatic rings. The van der Waals surface area contributed by atoms with Crippen LogP contribution < -0.4 is 135 Å². The first-order valence-corrected chi connectivity index (χ1v) is 31.8. The van der Waals surface area contributed by atoms with Crippen molar-refractivity contribution in [2.75, 3.05) is 59.1 Å². The average molecular weight is 1380 g/mol. The van der Waals surface area contributed by atoms with Crippen LogP contribution in [0.5, 0.6) is 0 Å². The van der Waals surface area contributed by atoms with Gasteiger partial charge in [-0.05, 0) is 115 Å². The summed E-state index contributed by atoms with van der Waals surface area (Å²) in [6.07, 6.45) is -1.05. The molecule has 1 aromatic carbocycles. The third kappa shape index (κ3) is 34.8. The number of carbonyl (C=O) groups is 11. The van der Waals surface area contributed by atoms with Crippen LogP contribution in [0.1, 0.15) is 124 Å². The van der Waals surface area contributed by atoms with Gasteiger partial charge in [-0.3, -0.25) is 52.7 Å². The van der Waals surface area contributed by atoms with Crippen molar-refractivity contribution < 1.29 is 120 Å². The van der Waals surface area contributed by atoms with Gasteiger partial charge in [-0.25, -0.2) is 0 Å². The van der Waals surface area contributed by atoms with E-state index in [1.807, 2.05) is 0 Å². The molecule has 0 aromatic heterocycles. The second-order valence-electron chi connectivity index (χ2n) is 23.9. The van der Waals surface area contributed by atoms with Crippen molar-refractivity contribution in [1.82, 2.24) is 58.5 Å². The van der Waals surface area contributed by atoms with Crippen molar-refractivity contribution in [2.45, 2.75) is 203 Å². The molecule has 11 amide bonds. The maximum atomic E-state index is 14.5. The van der Waals surface area contributed by atoms with Crippen molar-refractivity contribution in [1.29, 1.82) is 0 Å². The smallest absolute Gasteiger partial charge is 1.00 e. The first-order chi connectivity index (χ1) is 44.0. The van der Waals surface area contributed by atoms with E-state index in [9.17, 15) is 63.0 Å². The molecule has 0 radical (unpaired) electrons. The number of nitrogens with one attached hydrogen (secondary N) is 11. The Balaban J connectivity index is 0. The van der Waals surface area contributed by atoms with Crippen molar-refractivity contribution in [3.8, 4) is 0 Å². The number of hydrogen-bond acceptors (Lipinski definition) is 22. The Labute approximate surface area is 585 Å². The van der Waals surface area contributed by atoms with Crippen LogP contribution >= 0.6 is 0 Å². The van der Waals surface area contributed by atoms with Crippen molar-refractivity contribution in [3.05, 3.63) is 35.9 Å². The number of halogens is 1. The third-order valence-corrected chi connectivity index (χ3v) is 15.2. The molecule has 1 unspecified atom stereocenters. The van der Waals surface area contributed by atoms with Crippen molar-refractivity contribution >= 4 is 65.0 Å². The number of aliphatic hydroxyl groups is 5.